The second kappa shape index (κ2) is 6.92. The highest BCUT2D eigenvalue weighted by molar-refractivity contribution is 6.30. The van der Waals surface area contributed by atoms with Gasteiger partial charge in [-0.15, -0.1) is 0 Å². The van der Waals surface area contributed by atoms with Crippen molar-refractivity contribution in [3.8, 4) is 0 Å². The molecule has 0 unspecified atom stereocenters. The Hall–Kier alpha value is -1.06. The first-order valence-corrected chi connectivity index (χ1v) is 7.26. The van der Waals surface area contributed by atoms with Crippen LogP contribution in [0.3, 0.4) is 0 Å². The lowest BCUT2D eigenvalue weighted by atomic mass is 9.91. The fourth-order valence-electron chi connectivity index (χ4n) is 2.59. The van der Waals surface area contributed by atoms with Crippen molar-refractivity contribution in [3.05, 3.63) is 34.9 Å². The van der Waals surface area contributed by atoms with E-state index >= 15 is 0 Å². The Balaban J connectivity index is 1.77. The monoisotopic (exact) mass is 280 g/mol. The maximum Gasteiger partial charge on any atom is 0.224 e. The highest BCUT2D eigenvalue weighted by Gasteiger charge is 2.21. The van der Waals surface area contributed by atoms with Crippen LogP contribution in [0.2, 0.25) is 5.02 Å². The lowest BCUT2D eigenvalue weighted by Crippen LogP contribution is -2.41. The van der Waals surface area contributed by atoms with Crippen LogP contribution in [0.25, 0.3) is 0 Å². The topological polar surface area (TPSA) is 41.1 Å². The first-order chi connectivity index (χ1) is 9.17. The second-order valence-corrected chi connectivity index (χ2v) is 5.64. The molecule has 0 bridgehead atoms. The highest BCUT2D eigenvalue weighted by atomic mass is 35.5. The van der Waals surface area contributed by atoms with Gasteiger partial charge in [-0.25, -0.2) is 0 Å². The molecule has 1 saturated carbocycles. The van der Waals surface area contributed by atoms with E-state index in [9.17, 15) is 4.79 Å². The molecule has 1 aliphatic carbocycles. The van der Waals surface area contributed by atoms with E-state index in [1.54, 1.807) is 0 Å². The van der Waals surface area contributed by atoms with Gasteiger partial charge in [-0.1, -0.05) is 23.7 Å². The molecule has 0 atom stereocenters. The molecule has 0 heterocycles. The summed E-state index contributed by atoms with van der Waals surface area (Å²) in [6, 6.07) is 8.40. The van der Waals surface area contributed by atoms with Gasteiger partial charge >= 0.3 is 0 Å². The van der Waals surface area contributed by atoms with E-state index in [1.165, 1.54) is 0 Å². The molecule has 0 aliphatic heterocycles. The van der Waals surface area contributed by atoms with E-state index in [4.69, 9.17) is 11.6 Å². The molecule has 0 radical (unpaired) electrons. The van der Waals surface area contributed by atoms with Gasteiger partial charge in [0.15, 0.2) is 0 Å². The lowest BCUT2D eigenvalue weighted by molar-refractivity contribution is -0.121. The van der Waals surface area contributed by atoms with Crippen LogP contribution in [-0.2, 0) is 11.2 Å². The van der Waals surface area contributed by atoms with Crippen LogP contribution >= 0.6 is 11.6 Å². The largest absolute Gasteiger partial charge is 0.353 e. The van der Waals surface area contributed by atoms with E-state index in [2.05, 4.69) is 10.6 Å². The van der Waals surface area contributed by atoms with Gasteiger partial charge in [0.2, 0.25) is 5.91 Å². The number of halogens is 1. The van der Waals surface area contributed by atoms with Crippen molar-refractivity contribution in [1.29, 1.82) is 0 Å². The van der Waals surface area contributed by atoms with E-state index < -0.39 is 0 Å². The summed E-state index contributed by atoms with van der Waals surface area (Å²) in [6.45, 7) is 0. The van der Waals surface area contributed by atoms with E-state index in [1.807, 2.05) is 31.3 Å². The Morgan fingerprint density at radius 2 is 1.74 bits per heavy atom. The molecule has 0 spiro atoms. The van der Waals surface area contributed by atoms with Crippen LogP contribution in [0.1, 0.15) is 31.2 Å². The Morgan fingerprint density at radius 1 is 1.16 bits per heavy atom. The van der Waals surface area contributed by atoms with Crippen LogP contribution in [-0.4, -0.2) is 25.0 Å². The van der Waals surface area contributed by atoms with Crippen molar-refractivity contribution in [3.63, 3.8) is 0 Å². The van der Waals surface area contributed by atoms with Gasteiger partial charge in [-0.05, 0) is 50.4 Å². The first kappa shape index (κ1) is 14.4. The molecule has 1 amide bonds. The van der Waals surface area contributed by atoms with Crippen molar-refractivity contribution in [1.82, 2.24) is 10.6 Å². The van der Waals surface area contributed by atoms with Crippen LogP contribution in [0.5, 0.6) is 0 Å². The predicted octanol–water partition coefficient (Wildman–Crippen LogP) is 2.53. The molecule has 3 nitrogen and oxygen atoms in total. The van der Waals surface area contributed by atoms with Crippen LogP contribution < -0.4 is 10.6 Å². The number of carbonyl (C=O) groups excluding carboxylic acids is 1. The minimum atomic E-state index is 0.107. The zero-order valence-electron chi connectivity index (χ0n) is 11.3. The van der Waals surface area contributed by atoms with E-state index in [0.29, 0.717) is 23.5 Å². The molecule has 2 N–H and O–H groups in total. The van der Waals surface area contributed by atoms with Gasteiger partial charge in [0.25, 0.3) is 0 Å². The zero-order valence-corrected chi connectivity index (χ0v) is 12.0. The fourth-order valence-corrected chi connectivity index (χ4v) is 2.72. The SMILES string of the molecule is CNC1CCC(NC(=O)Cc2ccc(Cl)cc2)CC1. The zero-order chi connectivity index (χ0) is 13.7. The van der Waals surface area contributed by atoms with E-state index in [-0.39, 0.29) is 5.91 Å². The molecule has 1 fully saturated rings. The maximum absolute atomic E-state index is 12.0. The number of benzene rings is 1. The van der Waals surface area contributed by atoms with Gasteiger partial charge in [0.05, 0.1) is 6.42 Å². The molecule has 1 aromatic carbocycles. The van der Waals surface area contributed by atoms with Gasteiger partial charge < -0.3 is 10.6 Å². The number of hydrogen-bond acceptors (Lipinski definition) is 2. The van der Waals surface area contributed by atoms with Crippen LogP contribution in [0.4, 0.5) is 0 Å². The third kappa shape index (κ3) is 4.51. The molecule has 1 aliphatic rings. The second-order valence-electron chi connectivity index (χ2n) is 5.21. The molecule has 0 aromatic heterocycles. The van der Waals surface area contributed by atoms with Crippen LogP contribution in [0.15, 0.2) is 24.3 Å². The normalized spacial score (nSPS) is 23.1. The summed E-state index contributed by atoms with van der Waals surface area (Å²) in [5.74, 6) is 0.107. The highest BCUT2D eigenvalue weighted by Crippen LogP contribution is 2.18. The van der Waals surface area contributed by atoms with Crippen molar-refractivity contribution in [2.75, 3.05) is 7.05 Å². The number of carbonyl (C=O) groups is 1. The van der Waals surface area contributed by atoms with Crippen LogP contribution in [0, 0.1) is 0 Å². The summed E-state index contributed by atoms with van der Waals surface area (Å²) in [4.78, 5) is 12.0. The smallest absolute Gasteiger partial charge is 0.224 e. The van der Waals surface area contributed by atoms with Gasteiger partial charge in [0.1, 0.15) is 0 Å². The minimum Gasteiger partial charge on any atom is -0.353 e. The molecular weight excluding hydrogens is 260 g/mol. The summed E-state index contributed by atoms with van der Waals surface area (Å²) in [7, 11) is 2.00. The average molecular weight is 281 g/mol. The standard InChI is InChI=1S/C15H21ClN2O/c1-17-13-6-8-14(9-7-13)18-15(19)10-11-2-4-12(16)5-3-11/h2-5,13-14,17H,6-10H2,1H3,(H,18,19). The third-order valence-electron chi connectivity index (χ3n) is 3.78. The Morgan fingerprint density at radius 3 is 2.32 bits per heavy atom. The number of amides is 1. The van der Waals surface area contributed by atoms with Crippen molar-refractivity contribution in [2.24, 2.45) is 0 Å². The maximum atomic E-state index is 12.0. The number of nitrogens with one attached hydrogen (secondary N) is 2. The van der Waals surface area contributed by atoms with Crippen molar-refractivity contribution in [2.45, 2.75) is 44.2 Å². The van der Waals surface area contributed by atoms with Gasteiger partial charge in [-0.2, -0.15) is 0 Å². The fraction of sp³-hybridized carbons (Fsp3) is 0.533. The Kier molecular flexibility index (Phi) is 5.23. The van der Waals surface area contributed by atoms with Crippen molar-refractivity contribution < 1.29 is 4.79 Å². The molecule has 2 rings (SSSR count). The molecule has 0 saturated heterocycles. The van der Waals surface area contributed by atoms with E-state index in [0.717, 1.165) is 31.2 Å². The lowest BCUT2D eigenvalue weighted by Gasteiger charge is -2.28. The van der Waals surface area contributed by atoms with Crippen molar-refractivity contribution >= 4 is 17.5 Å². The van der Waals surface area contributed by atoms with Gasteiger partial charge in [0, 0.05) is 17.1 Å². The first-order valence-electron chi connectivity index (χ1n) is 6.88. The summed E-state index contributed by atoms with van der Waals surface area (Å²) < 4.78 is 0. The molecule has 19 heavy (non-hydrogen) atoms. The number of hydrogen-bond donors (Lipinski definition) is 2. The summed E-state index contributed by atoms with van der Waals surface area (Å²) in [6.07, 6.45) is 4.85. The summed E-state index contributed by atoms with van der Waals surface area (Å²) >= 11 is 5.82. The number of rotatable bonds is 4. The Labute approximate surface area is 119 Å². The molecule has 1 aromatic rings. The molecular formula is C15H21ClN2O. The predicted molar refractivity (Wildman–Crippen MR) is 78.4 cm³/mol. The summed E-state index contributed by atoms with van der Waals surface area (Å²) in [5, 5.41) is 7.13. The third-order valence-corrected chi connectivity index (χ3v) is 4.03. The Bertz CT molecular complexity index is 411. The molecule has 4 heteroatoms. The quantitative estimate of drug-likeness (QED) is 0.890. The van der Waals surface area contributed by atoms with Gasteiger partial charge in [-0.3, -0.25) is 4.79 Å². The minimum absolute atomic E-state index is 0.107. The summed E-state index contributed by atoms with van der Waals surface area (Å²) in [5.41, 5.74) is 1.01. The average Bonchev–Trinajstić information content (AvgIpc) is 2.42. The molecule has 104 valence electrons.